The maximum absolute atomic E-state index is 12.6. The van der Waals surface area contributed by atoms with Crippen molar-refractivity contribution in [2.75, 3.05) is 6.54 Å². The lowest BCUT2D eigenvalue weighted by atomic mass is 10.0. The number of hydrogen-bond acceptors (Lipinski definition) is 5. The molecular formula is C13H19N3O4S. The van der Waals surface area contributed by atoms with E-state index in [1.807, 2.05) is 0 Å². The van der Waals surface area contributed by atoms with Gasteiger partial charge in [-0.15, -0.1) is 0 Å². The van der Waals surface area contributed by atoms with E-state index >= 15 is 0 Å². The topological polar surface area (TPSA) is 115 Å². The minimum atomic E-state index is -3.84. The molecule has 1 saturated carbocycles. The number of sulfonamides is 1. The van der Waals surface area contributed by atoms with Crippen LogP contribution in [-0.2, 0) is 10.0 Å². The lowest BCUT2D eigenvalue weighted by molar-refractivity contribution is -0.385. The number of non-ortho nitro benzene ring substituents is 1. The first-order valence-corrected chi connectivity index (χ1v) is 8.27. The third-order valence-electron chi connectivity index (χ3n) is 3.97. The quantitative estimate of drug-likeness (QED) is 0.630. The fraction of sp³-hybridized carbons (Fsp3) is 0.538. The van der Waals surface area contributed by atoms with E-state index in [0.717, 1.165) is 18.9 Å². The molecule has 21 heavy (non-hydrogen) atoms. The van der Waals surface area contributed by atoms with E-state index in [2.05, 4.69) is 4.72 Å². The minimum Gasteiger partial charge on any atom is -0.329 e. The molecule has 0 radical (unpaired) electrons. The highest BCUT2D eigenvalue weighted by molar-refractivity contribution is 7.89. The normalized spacial score (nSPS) is 17.8. The third-order valence-corrected chi connectivity index (χ3v) is 5.69. The molecule has 0 unspecified atom stereocenters. The van der Waals surface area contributed by atoms with E-state index in [1.54, 1.807) is 6.92 Å². The molecule has 0 atom stereocenters. The molecule has 8 heteroatoms. The number of nitrogens with zero attached hydrogens (tertiary/aromatic N) is 1. The molecule has 0 spiro atoms. The Labute approximate surface area is 123 Å². The monoisotopic (exact) mass is 313 g/mol. The van der Waals surface area contributed by atoms with Crippen LogP contribution in [0.5, 0.6) is 0 Å². The maximum atomic E-state index is 12.6. The Kier molecular flexibility index (Phi) is 4.31. The molecule has 3 N–H and O–H groups in total. The van der Waals surface area contributed by atoms with Crippen molar-refractivity contribution < 1.29 is 13.3 Å². The fourth-order valence-electron chi connectivity index (χ4n) is 2.73. The Balaban J connectivity index is 2.39. The van der Waals surface area contributed by atoms with Crippen LogP contribution in [0.3, 0.4) is 0 Å². The van der Waals surface area contributed by atoms with Crippen LogP contribution in [0.2, 0.25) is 0 Å². The van der Waals surface area contributed by atoms with Crippen molar-refractivity contribution in [3.63, 3.8) is 0 Å². The molecule has 0 amide bonds. The minimum absolute atomic E-state index is 0.0589. The zero-order chi connectivity index (χ0) is 15.7. The van der Waals surface area contributed by atoms with Gasteiger partial charge in [-0.3, -0.25) is 10.1 Å². The first-order chi connectivity index (χ1) is 9.80. The van der Waals surface area contributed by atoms with E-state index in [-0.39, 0.29) is 17.1 Å². The predicted octanol–water partition coefficient (Wildman–Crippen LogP) is 1.45. The summed E-state index contributed by atoms with van der Waals surface area (Å²) in [6, 6.07) is 3.83. The van der Waals surface area contributed by atoms with E-state index in [4.69, 9.17) is 5.73 Å². The Morgan fingerprint density at radius 2 is 2.00 bits per heavy atom. The number of aryl methyl sites for hydroxylation is 1. The summed E-state index contributed by atoms with van der Waals surface area (Å²) in [5.41, 5.74) is 5.34. The van der Waals surface area contributed by atoms with E-state index in [0.29, 0.717) is 18.4 Å². The zero-order valence-electron chi connectivity index (χ0n) is 11.8. The summed E-state index contributed by atoms with van der Waals surface area (Å²) in [7, 11) is -3.84. The molecule has 0 bridgehead atoms. The smallest absolute Gasteiger partial charge is 0.270 e. The summed E-state index contributed by atoms with van der Waals surface area (Å²) >= 11 is 0. The molecular weight excluding hydrogens is 294 g/mol. The van der Waals surface area contributed by atoms with Crippen LogP contribution in [-0.4, -0.2) is 25.4 Å². The molecule has 1 aliphatic carbocycles. The van der Waals surface area contributed by atoms with Crippen LogP contribution < -0.4 is 10.5 Å². The first-order valence-electron chi connectivity index (χ1n) is 6.79. The number of nitrogens with one attached hydrogen (secondary N) is 1. The molecule has 1 aromatic carbocycles. The molecule has 116 valence electrons. The second-order valence-corrected chi connectivity index (χ2v) is 7.15. The van der Waals surface area contributed by atoms with Crippen molar-refractivity contribution in [3.8, 4) is 0 Å². The molecule has 0 aliphatic heterocycles. The van der Waals surface area contributed by atoms with Crippen molar-refractivity contribution in [1.82, 2.24) is 4.72 Å². The summed E-state index contributed by atoms with van der Waals surface area (Å²) < 4.78 is 27.8. The van der Waals surface area contributed by atoms with Crippen molar-refractivity contribution in [1.29, 1.82) is 0 Å². The van der Waals surface area contributed by atoms with Gasteiger partial charge in [-0.1, -0.05) is 18.9 Å². The van der Waals surface area contributed by atoms with Gasteiger partial charge in [0.15, 0.2) is 0 Å². The van der Waals surface area contributed by atoms with Crippen molar-refractivity contribution >= 4 is 15.7 Å². The Hall–Kier alpha value is -1.51. The fourth-order valence-corrected chi connectivity index (χ4v) is 4.47. The van der Waals surface area contributed by atoms with E-state index < -0.39 is 20.5 Å². The van der Waals surface area contributed by atoms with E-state index in [9.17, 15) is 18.5 Å². The van der Waals surface area contributed by atoms with Gasteiger partial charge in [0.1, 0.15) is 0 Å². The highest BCUT2D eigenvalue weighted by Gasteiger charge is 2.37. The number of nitro benzene ring substituents is 1. The highest BCUT2D eigenvalue weighted by atomic mass is 32.2. The molecule has 1 aliphatic rings. The average Bonchev–Trinajstić information content (AvgIpc) is 2.87. The van der Waals surface area contributed by atoms with Gasteiger partial charge in [-0.2, -0.15) is 0 Å². The van der Waals surface area contributed by atoms with Crippen LogP contribution in [0.25, 0.3) is 0 Å². The largest absolute Gasteiger partial charge is 0.329 e. The number of hydrogen-bond donors (Lipinski definition) is 2. The van der Waals surface area contributed by atoms with Crippen LogP contribution in [0.1, 0.15) is 31.2 Å². The van der Waals surface area contributed by atoms with E-state index in [1.165, 1.54) is 12.1 Å². The SMILES string of the molecule is Cc1ccc([N+](=O)[O-])cc1S(=O)(=O)NC1(CN)CCCC1. The summed E-state index contributed by atoms with van der Waals surface area (Å²) in [4.78, 5) is 10.2. The van der Waals surface area contributed by atoms with Gasteiger partial charge in [0.25, 0.3) is 5.69 Å². The molecule has 7 nitrogen and oxygen atoms in total. The van der Waals surface area contributed by atoms with Gasteiger partial charge in [0.2, 0.25) is 10.0 Å². The molecule has 1 aromatic rings. The molecule has 0 saturated heterocycles. The van der Waals surface area contributed by atoms with Gasteiger partial charge < -0.3 is 5.73 Å². The Bertz CT molecular complexity index is 651. The number of nitrogens with two attached hydrogens (primary N) is 1. The second kappa shape index (κ2) is 5.70. The first kappa shape index (κ1) is 15.9. The maximum Gasteiger partial charge on any atom is 0.270 e. The zero-order valence-corrected chi connectivity index (χ0v) is 12.6. The van der Waals surface area contributed by atoms with Gasteiger partial charge in [0.05, 0.1) is 9.82 Å². The highest BCUT2D eigenvalue weighted by Crippen LogP contribution is 2.31. The second-order valence-electron chi connectivity index (χ2n) is 5.50. The van der Waals surface area contributed by atoms with Crippen LogP contribution in [0, 0.1) is 17.0 Å². The summed E-state index contributed by atoms with van der Waals surface area (Å²) in [6.45, 7) is 1.84. The van der Waals surface area contributed by atoms with Crippen molar-refractivity contribution in [2.24, 2.45) is 5.73 Å². The average molecular weight is 313 g/mol. The van der Waals surface area contributed by atoms with Crippen LogP contribution >= 0.6 is 0 Å². The van der Waals surface area contributed by atoms with Gasteiger partial charge in [-0.25, -0.2) is 13.1 Å². The molecule has 0 aromatic heterocycles. The summed E-state index contributed by atoms with van der Waals surface area (Å²) in [5.74, 6) is 0. The predicted molar refractivity (Wildman–Crippen MR) is 78.4 cm³/mol. The number of benzene rings is 1. The number of rotatable bonds is 5. The van der Waals surface area contributed by atoms with Gasteiger partial charge in [-0.05, 0) is 25.3 Å². The molecule has 2 rings (SSSR count). The van der Waals surface area contributed by atoms with Crippen LogP contribution in [0.15, 0.2) is 23.1 Å². The molecule has 1 fully saturated rings. The van der Waals surface area contributed by atoms with Gasteiger partial charge >= 0.3 is 0 Å². The van der Waals surface area contributed by atoms with Crippen molar-refractivity contribution in [2.45, 2.75) is 43.0 Å². The van der Waals surface area contributed by atoms with Crippen molar-refractivity contribution in [3.05, 3.63) is 33.9 Å². The van der Waals surface area contributed by atoms with Crippen LogP contribution in [0.4, 0.5) is 5.69 Å². The summed E-state index contributed by atoms with van der Waals surface area (Å²) in [5, 5.41) is 10.8. The lowest BCUT2D eigenvalue weighted by Gasteiger charge is -2.28. The molecule has 0 heterocycles. The number of nitro groups is 1. The summed E-state index contributed by atoms with van der Waals surface area (Å²) in [6.07, 6.45) is 3.23. The Morgan fingerprint density at radius 1 is 1.38 bits per heavy atom. The van der Waals surface area contributed by atoms with Gasteiger partial charge in [0, 0.05) is 24.2 Å². The standard InChI is InChI=1S/C13H19N3O4S/c1-10-4-5-11(16(17)18)8-12(10)21(19,20)15-13(9-14)6-2-3-7-13/h4-5,8,15H,2-3,6-7,9,14H2,1H3. The third kappa shape index (κ3) is 3.22. The Morgan fingerprint density at radius 3 is 2.52 bits per heavy atom. The lowest BCUT2D eigenvalue weighted by Crippen LogP contribution is -2.51.